The zero-order chi connectivity index (χ0) is 18.8. The quantitative estimate of drug-likeness (QED) is 0.210. The number of rotatable bonds is 18. The molecule has 0 fully saturated rings. The highest BCUT2D eigenvalue weighted by Gasteiger charge is 2.07. The van der Waals surface area contributed by atoms with Crippen LogP contribution < -0.4 is 4.83 Å². The van der Waals surface area contributed by atoms with Gasteiger partial charge in [-0.3, -0.25) is 0 Å². The van der Waals surface area contributed by atoms with Gasteiger partial charge in [0.1, 0.15) is 6.21 Å². The van der Waals surface area contributed by atoms with E-state index in [4.69, 9.17) is 5.11 Å². The van der Waals surface area contributed by atoms with E-state index in [-0.39, 0.29) is 5.75 Å². The van der Waals surface area contributed by atoms with E-state index in [0.717, 1.165) is 19.3 Å². The molecule has 0 aliphatic heterocycles. The first-order valence-corrected chi connectivity index (χ1v) is 11.4. The average Bonchev–Trinajstić information content (AvgIpc) is 2.54. The van der Waals surface area contributed by atoms with E-state index in [9.17, 15) is 13.2 Å². The molecule has 6 nitrogen and oxygen atoms in total. The van der Waals surface area contributed by atoms with Crippen LogP contribution in [-0.4, -0.2) is 31.5 Å². The maximum atomic E-state index is 11.5. The summed E-state index contributed by atoms with van der Waals surface area (Å²) in [5, 5.41) is 11.5. The average molecular weight is 377 g/mol. The lowest BCUT2D eigenvalue weighted by Crippen LogP contribution is -2.22. The number of sulfonamides is 1. The van der Waals surface area contributed by atoms with Gasteiger partial charge in [0, 0.05) is 0 Å². The van der Waals surface area contributed by atoms with Gasteiger partial charge in [-0.15, -0.1) is 0 Å². The molecule has 0 aromatic heterocycles. The van der Waals surface area contributed by atoms with Gasteiger partial charge in [-0.2, -0.15) is 5.10 Å². The first kappa shape index (κ1) is 23.9. The van der Waals surface area contributed by atoms with E-state index in [1.165, 1.54) is 64.2 Å². The van der Waals surface area contributed by atoms with Crippen LogP contribution in [0.5, 0.6) is 0 Å². The van der Waals surface area contributed by atoms with Gasteiger partial charge in [-0.1, -0.05) is 90.4 Å². The van der Waals surface area contributed by atoms with E-state index in [0.29, 0.717) is 12.6 Å². The topological polar surface area (TPSA) is 95.8 Å². The van der Waals surface area contributed by atoms with Crippen LogP contribution in [0.1, 0.15) is 96.8 Å². The van der Waals surface area contributed by atoms with Crippen molar-refractivity contribution in [1.82, 2.24) is 4.83 Å². The van der Waals surface area contributed by atoms with Crippen molar-refractivity contribution < 1.29 is 18.3 Å². The maximum absolute atomic E-state index is 11.5. The van der Waals surface area contributed by atoms with Gasteiger partial charge in [0.15, 0.2) is 0 Å². The molecule has 2 N–H and O–H groups in total. The molecule has 25 heavy (non-hydrogen) atoms. The minimum absolute atomic E-state index is 0.0119. The molecule has 0 saturated heterocycles. The minimum Gasteiger partial charge on any atom is -0.477 e. The van der Waals surface area contributed by atoms with Crippen molar-refractivity contribution >= 4 is 22.2 Å². The van der Waals surface area contributed by atoms with E-state index < -0.39 is 16.0 Å². The van der Waals surface area contributed by atoms with Gasteiger partial charge in [-0.25, -0.2) is 18.0 Å². The number of nitrogens with zero attached hydrogens (tertiary/aromatic N) is 1. The summed E-state index contributed by atoms with van der Waals surface area (Å²) >= 11 is 0. The summed E-state index contributed by atoms with van der Waals surface area (Å²) in [5.41, 5.74) is 0. The molecule has 0 unspecified atom stereocenters. The molecular formula is C18H36N2O4S. The molecular weight excluding hydrogens is 340 g/mol. The van der Waals surface area contributed by atoms with Gasteiger partial charge in [0.05, 0.1) is 5.75 Å². The van der Waals surface area contributed by atoms with Crippen LogP contribution >= 0.6 is 0 Å². The lowest BCUT2D eigenvalue weighted by atomic mass is 10.0. The highest BCUT2D eigenvalue weighted by atomic mass is 32.2. The number of hydrogen-bond acceptors (Lipinski definition) is 4. The van der Waals surface area contributed by atoms with Crippen LogP contribution in [0.25, 0.3) is 0 Å². The summed E-state index contributed by atoms with van der Waals surface area (Å²) in [4.78, 5) is 12.1. The Balaban J connectivity index is 3.34. The largest absolute Gasteiger partial charge is 0.477 e. The Kier molecular flexibility index (Phi) is 15.6. The summed E-state index contributed by atoms with van der Waals surface area (Å²) in [6.07, 6.45) is 17.5. The Morgan fingerprint density at radius 1 is 0.840 bits per heavy atom. The third kappa shape index (κ3) is 19.1. The van der Waals surface area contributed by atoms with Crippen molar-refractivity contribution in [3.8, 4) is 0 Å². The first-order chi connectivity index (χ1) is 12.0. The smallest absolute Gasteiger partial charge is 0.348 e. The van der Waals surface area contributed by atoms with Gasteiger partial charge in [0.2, 0.25) is 10.0 Å². The number of aliphatic carboxylic acids is 1. The molecule has 7 heteroatoms. The fourth-order valence-corrected chi connectivity index (χ4v) is 3.58. The van der Waals surface area contributed by atoms with Gasteiger partial charge in [0.25, 0.3) is 0 Å². The summed E-state index contributed by atoms with van der Waals surface area (Å²) < 4.78 is 23.0. The third-order valence-corrected chi connectivity index (χ3v) is 5.34. The van der Waals surface area contributed by atoms with Gasteiger partial charge >= 0.3 is 5.97 Å². The Morgan fingerprint density at radius 2 is 1.24 bits per heavy atom. The number of carbonyl (C=O) groups is 1. The zero-order valence-electron chi connectivity index (χ0n) is 15.7. The van der Waals surface area contributed by atoms with Crippen molar-refractivity contribution in [2.45, 2.75) is 96.8 Å². The summed E-state index contributed by atoms with van der Waals surface area (Å²) in [6.45, 7) is 2.24. The number of nitrogens with one attached hydrogen (secondary N) is 1. The highest BCUT2D eigenvalue weighted by Crippen LogP contribution is 2.13. The molecule has 0 aliphatic carbocycles. The standard InChI is InChI=1S/C18H36N2O4S/c1-2-3-4-5-6-7-8-9-10-11-12-13-14-15-16-25(23,24)20-19-17-18(21)22/h17,20H,2-16H2,1H3,(H,21,22)/b19-17+. The second-order valence-electron chi connectivity index (χ2n) is 6.60. The molecule has 0 heterocycles. The molecule has 0 rings (SSSR count). The van der Waals surface area contributed by atoms with Crippen molar-refractivity contribution in [2.75, 3.05) is 5.75 Å². The molecule has 0 aromatic rings. The number of hydrazone groups is 1. The second-order valence-corrected chi connectivity index (χ2v) is 8.42. The number of unbranched alkanes of at least 4 members (excludes halogenated alkanes) is 13. The van der Waals surface area contributed by atoms with E-state index >= 15 is 0 Å². The second kappa shape index (κ2) is 16.4. The monoisotopic (exact) mass is 376 g/mol. The Hall–Kier alpha value is -1.11. The number of hydrogen-bond donors (Lipinski definition) is 2. The van der Waals surface area contributed by atoms with Crippen LogP contribution in [0.15, 0.2) is 5.10 Å². The minimum atomic E-state index is -3.50. The van der Waals surface area contributed by atoms with Crippen LogP contribution in [0, 0.1) is 0 Å². The van der Waals surface area contributed by atoms with Crippen molar-refractivity contribution in [3.05, 3.63) is 0 Å². The van der Waals surface area contributed by atoms with E-state index in [1.807, 2.05) is 4.83 Å². The van der Waals surface area contributed by atoms with Crippen molar-refractivity contribution in [3.63, 3.8) is 0 Å². The first-order valence-electron chi connectivity index (χ1n) is 9.73. The maximum Gasteiger partial charge on any atom is 0.348 e. The predicted octanol–water partition coefficient (Wildman–Crippen LogP) is 4.46. The molecule has 0 saturated carbocycles. The molecule has 0 aromatic carbocycles. The predicted molar refractivity (Wildman–Crippen MR) is 103 cm³/mol. The summed E-state index contributed by atoms with van der Waals surface area (Å²) in [6, 6.07) is 0. The normalized spacial score (nSPS) is 11.9. The summed E-state index contributed by atoms with van der Waals surface area (Å²) in [7, 11) is -3.50. The van der Waals surface area contributed by atoms with E-state index in [2.05, 4.69) is 12.0 Å². The Morgan fingerprint density at radius 3 is 1.64 bits per heavy atom. The number of carboxylic acids is 1. The van der Waals surface area contributed by atoms with E-state index in [1.54, 1.807) is 0 Å². The van der Waals surface area contributed by atoms with Crippen molar-refractivity contribution in [1.29, 1.82) is 0 Å². The van der Waals surface area contributed by atoms with Crippen LogP contribution in [0.4, 0.5) is 0 Å². The van der Waals surface area contributed by atoms with Crippen LogP contribution in [-0.2, 0) is 14.8 Å². The molecule has 0 atom stereocenters. The van der Waals surface area contributed by atoms with Gasteiger partial charge in [-0.05, 0) is 6.42 Å². The molecule has 0 radical (unpaired) electrons. The fourth-order valence-electron chi connectivity index (χ4n) is 2.69. The molecule has 148 valence electrons. The lowest BCUT2D eigenvalue weighted by molar-refractivity contribution is -0.128. The highest BCUT2D eigenvalue weighted by molar-refractivity contribution is 7.89. The SMILES string of the molecule is CCCCCCCCCCCCCCCCS(=O)(=O)N/N=C/C(=O)O. The van der Waals surface area contributed by atoms with Gasteiger partial charge < -0.3 is 5.11 Å². The molecule has 0 amide bonds. The molecule has 0 bridgehead atoms. The lowest BCUT2D eigenvalue weighted by Gasteiger charge is -2.04. The fraction of sp³-hybridized carbons (Fsp3) is 0.889. The van der Waals surface area contributed by atoms with Crippen molar-refractivity contribution in [2.24, 2.45) is 5.10 Å². The molecule has 0 aliphatic rings. The van der Waals surface area contributed by atoms with Crippen LogP contribution in [0.2, 0.25) is 0 Å². The third-order valence-electron chi connectivity index (χ3n) is 4.13. The Bertz CT molecular complexity index is 450. The molecule has 0 spiro atoms. The summed E-state index contributed by atoms with van der Waals surface area (Å²) in [5.74, 6) is -1.29. The number of carboxylic acid groups (broad SMARTS) is 1. The van der Waals surface area contributed by atoms with Crippen LogP contribution in [0.3, 0.4) is 0 Å². The Labute approximate surface area is 153 Å². The zero-order valence-corrected chi connectivity index (χ0v) is 16.5.